The number of nitrogens with zero attached hydrogens (tertiary/aromatic N) is 10. The van der Waals surface area contributed by atoms with Gasteiger partial charge in [-0.15, -0.1) is 0 Å². The molecule has 0 saturated heterocycles. The Morgan fingerprint density at radius 1 is 0.306 bits per heavy atom. The molecule has 6 heterocycles. The van der Waals surface area contributed by atoms with Crippen molar-refractivity contribution in [2.75, 3.05) is 0 Å². The average molecular weight is 941 g/mol. The highest BCUT2D eigenvalue weighted by molar-refractivity contribution is 5.80. The number of rotatable bonds is 10. The van der Waals surface area contributed by atoms with Crippen LogP contribution in [0.3, 0.4) is 0 Å². The van der Waals surface area contributed by atoms with Crippen molar-refractivity contribution in [3.05, 3.63) is 220 Å². The number of hydrogen-bond donors (Lipinski definition) is 0. The third kappa shape index (κ3) is 7.49. The third-order valence-corrected chi connectivity index (χ3v) is 13.6. The SMILES string of the molecule is C[n+]1cn(-c2cncc(Oc3cc(-c4ccc(-c5cc(Oc6cncc(-n7c[n+](C)c8ccccc87)c6)cc(-n6c[n+](C)c7ccccc76)c5)cc4)cc(-n4c[n+](C)c5ccccc54)c3)c2)c2ccccc21. The maximum Gasteiger partial charge on any atom is 0.249 e. The van der Waals surface area contributed by atoms with Gasteiger partial charge in [-0.05, 0) is 95.1 Å². The fourth-order valence-corrected chi connectivity index (χ4v) is 10.1. The zero-order valence-electron chi connectivity index (χ0n) is 40.1. The number of para-hydroxylation sites is 8. The molecule has 0 radical (unpaired) electrons. The van der Waals surface area contributed by atoms with Gasteiger partial charge in [-0.3, -0.25) is 9.97 Å². The monoisotopic (exact) mass is 940 g/mol. The lowest BCUT2D eigenvalue weighted by atomic mass is 9.99. The molecule has 0 fully saturated rings. The Balaban J connectivity index is 0.884. The van der Waals surface area contributed by atoms with Crippen LogP contribution < -0.4 is 27.7 Å². The molecule has 0 aliphatic heterocycles. The molecule has 346 valence electrons. The zero-order chi connectivity index (χ0) is 48.5. The first kappa shape index (κ1) is 42.4. The molecule has 0 unspecified atom stereocenters. The largest absolute Gasteiger partial charge is 0.455 e. The molecule has 7 aromatic carbocycles. The van der Waals surface area contributed by atoms with Crippen molar-refractivity contribution in [1.29, 1.82) is 0 Å². The van der Waals surface area contributed by atoms with Crippen LogP contribution in [0.25, 0.3) is 89.1 Å². The fraction of sp³-hybridized carbons (Fsp3) is 0.0667. The van der Waals surface area contributed by atoms with Gasteiger partial charge in [-0.2, -0.15) is 18.3 Å². The number of hydrogen-bond acceptors (Lipinski definition) is 4. The maximum atomic E-state index is 6.77. The van der Waals surface area contributed by atoms with E-state index in [9.17, 15) is 0 Å². The van der Waals surface area contributed by atoms with E-state index in [4.69, 9.17) is 9.47 Å². The van der Waals surface area contributed by atoms with E-state index < -0.39 is 0 Å². The molecule has 12 nitrogen and oxygen atoms in total. The van der Waals surface area contributed by atoms with E-state index in [1.807, 2.05) is 24.5 Å². The standard InChI is InChI=1S/C60H48N10O2/c1-63-37-67(57-17-9-5-13-53(57)63)45-25-43(27-49(29-45)71-51-31-47(33-61-35-51)69-39-65(3)55-15-7-11-19-59(55)69)41-21-23-42(24-22-41)44-26-46(68-38-64(2)54-14-6-10-18-58(54)68)30-50(28-44)72-52-32-48(34-62-36-52)70-40-66(4)56-16-8-12-20-60(56)70/h5-40H,1-4H3/q+4. The third-order valence-electron chi connectivity index (χ3n) is 13.6. The highest BCUT2D eigenvalue weighted by Gasteiger charge is 2.22. The maximum absolute atomic E-state index is 6.77. The summed E-state index contributed by atoms with van der Waals surface area (Å²) < 4.78 is 30.8. The van der Waals surface area contributed by atoms with E-state index >= 15 is 0 Å². The molecule has 0 amide bonds. The number of fused-ring (bicyclic) bond motifs is 4. The topological polar surface area (TPSA) is 79.5 Å². The lowest BCUT2D eigenvalue weighted by Crippen LogP contribution is -2.25. The molecule has 0 atom stereocenters. The lowest BCUT2D eigenvalue weighted by molar-refractivity contribution is -0.645. The van der Waals surface area contributed by atoms with Crippen LogP contribution in [0.15, 0.2) is 220 Å². The van der Waals surface area contributed by atoms with Gasteiger partial charge in [-0.1, -0.05) is 72.8 Å². The number of aryl methyl sites for hydroxylation is 4. The lowest BCUT2D eigenvalue weighted by Gasteiger charge is -2.12. The predicted octanol–water partition coefficient (Wildman–Crippen LogP) is 10.5. The Hall–Kier alpha value is -9.68. The molecule has 0 aliphatic rings. The molecule has 13 rings (SSSR count). The number of ether oxygens (including phenoxy) is 2. The summed E-state index contributed by atoms with van der Waals surface area (Å²) in [7, 11) is 8.25. The highest BCUT2D eigenvalue weighted by atomic mass is 16.5. The predicted molar refractivity (Wildman–Crippen MR) is 278 cm³/mol. The minimum absolute atomic E-state index is 0.631. The van der Waals surface area contributed by atoms with Gasteiger partial charge in [0.25, 0.3) is 0 Å². The molecule has 0 aliphatic carbocycles. The van der Waals surface area contributed by atoms with Crippen LogP contribution in [-0.2, 0) is 28.2 Å². The summed E-state index contributed by atoms with van der Waals surface area (Å²) in [6, 6.07) is 59.1. The summed E-state index contributed by atoms with van der Waals surface area (Å²) in [5.74, 6) is 2.64. The van der Waals surface area contributed by atoms with Gasteiger partial charge in [0.05, 0.1) is 53.0 Å². The van der Waals surface area contributed by atoms with E-state index in [2.05, 4.69) is 258 Å². The van der Waals surface area contributed by atoms with Crippen molar-refractivity contribution in [1.82, 2.24) is 28.2 Å². The van der Waals surface area contributed by atoms with Crippen molar-refractivity contribution < 1.29 is 27.7 Å². The molecule has 6 aromatic heterocycles. The Bertz CT molecular complexity index is 3970. The zero-order valence-corrected chi connectivity index (χ0v) is 40.1. The van der Waals surface area contributed by atoms with Crippen molar-refractivity contribution in [2.24, 2.45) is 28.2 Å². The quantitative estimate of drug-likeness (QED) is 0.128. The van der Waals surface area contributed by atoms with E-state index in [0.717, 1.165) is 89.1 Å². The van der Waals surface area contributed by atoms with Crippen molar-refractivity contribution in [3.63, 3.8) is 0 Å². The molecule has 0 spiro atoms. The van der Waals surface area contributed by atoms with Gasteiger partial charge in [-0.25, -0.2) is 18.3 Å². The minimum Gasteiger partial charge on any atom is -0.455 e. The first-order valence-corrected chi connectivity index (χ1v) is 23.8. The first-order valence-electron chi connectivity index (χ1n) is 23.8. The van der Waals surface area contributed by atoms with E-state index in [1.54, 1.807) is 12.4 Å². The van der Waals surface area contributed by atoms with Crippen LogP contribution in [-0.4, -0.2) is 28.2 Å². The van der Waals surface area contributed by atoms with Gasteiger partial charge in [0.15, 0.2) is 55.5 Å². The molecule has 12 heteroatoms. The fourth-order valence-electron chi connectivity index (χ4n) is 10.1. The summed E-state index contributed by atoms with van der Waals surface area (Å²) >= 11 is 0. The van der Waals surface area contributed by atoms with E-state index in [1.165, 1.54) is 0 Å². The number of benzene rings is 7. The summed E-state index contributed by atoms with van der Waals surface area (Å²) in [5, 5.41) is 0. The number of aromatic nitrogens is 10. The number of imidazole rings is 4. The van der Waals surface area contributed by atoms with Crippen LogP contribution in [0.1, 0.15) is 0 Å². The Kier molecular flexibility index (Phi) is 10.1. The van der Waals surface area contributed by atoms with Crippen LogP contribution in [0, 0.1) is 0 Å². The van der Waals surface area contributed by atoms with Crippen LogP contribution in [0.5, 0.6) is 23.0 Å². The Morgan fingerprint density at radius 3 is 0.958 bits per heavy atom. The van der Waals surface area contributed by atoms with E-state index in [0.29, 0.717) is 23.0 Å². The van der Waals surface area contributed by atoms with Crippen LogP contribution in [0.2, 0.25) is 0 Å². The summed E-state index contributed by atoms with van der Waals surface area (Å²) in [6.45, 7) is 0. The van der Waals surface area contributed by atoms with Gasteiger partial charge < -0.3 is 9.47 Å². The van der Waals surface area contributed by atoms with Crippen LogP contribution >= 0.6 is 0 Å². The second-order valence-corrected chi connectivity index (χ2v) is 18.3. The van der Waals surface area contributed by atoms with Gasteiger partial charge in [0.2, 0.25) is 25.3 Å². The Labute approximate surface area is 414 Å². The molecule has 0 bridgehead atoms. The van der Waals surface area contributed by atoms with Crippen molar-refractivity contribution in [3.8, 4) is 68.0 Å². The highest BCUT2D eigenvalue weighted by Crippen LogP contribution is 2.36. The summed E-state index contributed by atoms with van der Waals surface area (Å²) in [5.41, 5.74) is 16.7. The average Bonchev–Trinajstić information content (AvgIpc) is 4.16. The van der Waals surface area contributed by atoms with Gasteiger partial charge in [0, 0.05) is 24.3 Å². The molecule has 13 aromatic rings. The first-order chi connectivity index (χ1) is 35.3. The second kappa shape index (κ2) is 17.1. The molecule has 72 heavy (non-hydrogen) atoms. The Morgan fingerprint density at radius 2 is 0.611 bits per heavy atom. The number of pyridine rings is 2. The molecular weight excluding hydrogens is 893 g/mol. The molecule has 0 saturated carbocycles. The molecular formula is C60H48N10O2+4. The smallest absolute Gasteiger partial charge is 0.249 e. The van der Waals surface area contributed by atoms with Gasteiger partial charge in [0.1, 0.15) is 34.4 Å². The summed E-state index contributed by atoms with van der Waals surface area (Å²) in [4.78, 5) is 9.27. The van der Waals surface area contributed by atoms with Crippen molar-refractivity contribution in [2.45, 2.75) is 0 Å². The summed E-state index contributed by atoms with van der Waals surface area (Å²) in [6.07, 6.45) is 15.6. The van der Waals surface area contributed by atoms with E-state index in [-0.39, 0.29) is 0 Å². The second-order valence-electron chi connectivity index (χ2n) is 18.3. The normalized spacial score (nSPS) is 11.6. The van der Waals surface area contributed by atoms with Crippen molar-refractivity contribution >= 4 is 44.1 Å². The van der Waals surface area contributed by atoms with Gasteiger partial charge >= 0.3 is 0 Å². The molecule has 0 N–H and O–H groups in total. The van der Waals surface area contributed by atoms with Crippen LogP contribution in [0.4, 0.5) is 0 Å². The minimum atomic E-state index is 0.631.